The number of benzene rings is 1. The van der Waals surface area contributed by atoms with Crippen molar-refractivity contribution in [1.82, 2.24) is 19.7 Å². The number of aryl methyl sites for hydroxylation is 2. The number of fused-ring (bicyclic) bond motifs is 1. The Kier molecular flexibility index (Phi) is 3.65. The normalized spacial score (nSPS) is 11.0. The average Bonchev–Trinajstić information content (AvgIpc) is 2.91. The summed E-state index contributed by atoms with van der Waals surface area (Å²) in [5.41, 5.74) is 3.18. The van der Waals surface area contributed by atoms with E-state index in [9.17, 15) is 4.39 Å². The van der Waals surface area contributed by atoms with E-state index in [0.717, 1.165) is 22.2 Å². The van der Waals surface area contributed by atoms with Crippen molar-refractivity contribution in [3.63, 3.8) is 0 Å². The minimum atomic E-state index is -0.376. The molecule has 1 aromatic carbocycles. The van der Waals surface area contributed by atoms with Crippen LogP contribution in [0.3, 0.4) is 0 Å². The van der Waals surface area contributed by atoms with Gasteiger partial charge in [0.25, 0.3) is 0 Å². The fraction of sp³-hybridized carbons (Fsp3) is 0.105. The van der Waals surface area contributed by atoms with E-state index in [0.29, 0.717) is 17.2 Å². The molecule has 0 spiro atoms. The summed E-state index contributed by atoms with van der Waals surface area (Å²) in [6, 6.07) is 13.7. The van der Waals surface area contributed by atoms with Gasteiger partial charge in [0.1, 0.15) is 17.5 Å². The summed E-state index contributed by atoms with van der Waals surface area (Å²) >= 11 is 0. The molecule has 0 aliphatic carbocycles. The van der Waals surface area contributed by atoms with Crippen LogP contribution in [0.25, 0.3) is 22.0 Å². The van der Waals surface area contributed by atoms with E-state index < -0.39 is 0 Å². The maximum Gasteiger partial charge on any atom is 0.149 e. The number of nitrogens with one attached hydrogen (secondary N) is 1. The Bertz CT molecular complexity index is 1060. The summed E-state index contributed by atoms with van der Waals surface area (Å²) in [4.78, 5) is 8.25. The molecule has 4 aromatic rings. The maximum atomic E-state index is 14.4. The molecule has 5 nitrogen and oxygen atoms in total. The second-order valence-electron chi connectivity index (χ2n) is 5.76. The van der Waals surface area contributed by atoms with Gasteiger partial charge in [-0.25, -0.2) is 14.4 Å². The van der Waals surface area contributed by atoms with Crippen LogP contribution in [-0.4, -0.2) is 19.7 Å². The van der Waals surface area contributed by atoms with Crippen LogP contribution >= 0.6 is 0 Å². The average molecular weight is 332 g/mol. The van der Waals surface area contributed by atoms with Crippen LogP contribution in [0, 0.1) is 18.8 Å². The Hall–Kier alpha value is -3.28. The number of anilines is 2. The lowest BCUT2D eigenvalue weighted by Gasteiger charge is -2.08. The van der Waals surface area contributed by atoms with E-state index in [2.05, 4.69) is 26.4 Å². The minimum absolute atomic E-state index is 0.376. The van der Waals surface area contributed by atoms with E-state index in [4.69, 9.17) is 0 Å². The lowest BCUT2D eigenvalue weighted by molar-refractivity contribution is 0.625. The third-order valence-electron chi connectivity index (χ3n) is 4.16. The molecule has 3 heterocycles. The van der Waals surface area contributed by atoms with Crippen LogP contribution in [0.2, 0.25) is 0 Å². The standard InChI is InChI=1S/C19H15FN5/c1-12-14-9-13(6-7-17(14)24-25(12)2)15-10-19(22-11-16(15)20)23-18-5-3-4-8-21-18/h4-11H,1-2H3,(H,21,22,23). The Morgan fingerprint density at radius 2 is 2.04 bits per heavy atom. The number of hydrogen-bond acceptors (Lipinski definition) is 4. The molecular formula is C19H15FN5. The minimum Gasteiger partial charge on any atom is -0.325 e. The van der Waals surface area contributed by atoms with Crippen LogP contribution in [0.5, 0.6) is 0 Å². The SMILES string of the molecule is Cc1c2cc(-c3cc(Nc4c[c]ccn4)ncc3F)ccc2nn1C. The molecule has 0 fully saturated rings. The molecule has 3 aromatic heterocycles. The summed E-state index contributed by atoms with van der Waals surface area (Å²) < 4.78 is 16.2. The maximum absolute atomic E-state index is 14.4. The molecule has 0 saturated carbocycles. The van der Waals surface area contributed by atoms with Crippen LogP contribution in [0.1, 0.15) is 5.69 Å². The molecule has 0 aliphatic rings. The summed E-state index contributed by atoms with van der Waals surface area (Å²) in [6.45, 7) is 1.99. The Balaban J connectivity index is 1.77. The monoisotopic (exact) mass is 332 g/mol. The van der Waals surface area contributed by atoms with Crippen LogP contribution in [0.4, 0.5) is 16.0 Å². The van der Waals surface area contributed by atoms with Crippen LogP contribution < -0.4 is 5.32 Å². The van der Waals surface area contributed by atoms with Crippen molar-refractivity contribution in [2.75, 3.05) is 5.32 Å². The first kappa shape index (κ1) is 15.3. The zero-order valence-corrected chi connectivity index (χ0v) is 13.8. The molecule has 0 bridgehead atoms. The fourth-order valence-electron chi connectivity index (χ4n) is 2.74. The van der Waals surface area contributed by atoms with E-state index in [1.807, 2.05) is 36.9 Å². The van der Waals surface area contributed by atoms with Crippen molar-refractivity contribution in [2.45, 2.75) is 6.92 Å². The zero-order valence-electron chi connectivity index (χ0n) is 13.8. The lowest BCUT2D eigenvalue weighted by Crippen LogP contribution is -1.97. The smallest absolute Gasteiger partial charge is 0.149 e. The fourth-order valence-corrected chi connectivity index (χ4v) is 2.74. The van der Waals surface area contributed by atoms with E-state index >= 15 is 0 Å². The van der Waals surface area contributed by atoms with Gasteiger partial charge in [-0.2, -0.15) is 5.10 Å². The first-order valence-corrected chi connectivity index (χ1v) is 7.80. The van der Waals surface area contributed by atoms with Gasteiger partial charge in [0.05, 0.1) is 11.7 Å². The highest BCUT2D eigenvalue weighted by atomic mass is 19.1. The van der Waals surface area contributed by atoms with Crippen molar-refractivity contribution in [3.05, 3.63) is 66.4 Å². The van der Waals surface area contributed by atoms with Crippen molar-refractivity contribution >= 4 is 22.5 Å². The number of hydrogen-bond donors (Lipinski definition) is 1. The summed E-state index contributed by atoms with van der Waals surface area (Å²) in [5.74, 6) is 0.747. The molecule has 0 amide bonds. The summed E-state index contributed by atoms with van der Waals surface area (Å²) in [7, 11) is 1.90. The first-order valence-electron chi connectivity index (χ1n) is 7.80. The number of nitrogens with zero attached hydrogens (tertiary/aromatic N) is 4. The summed E-state index contributed by atoms with van der Waals surface area (Å²) in [5, 5.41) is 8.49. The number of halogens is 1. The van der Waals surface area contributed by atoms with Gasteiger partial charge < -0.3 is 5.32 Å². The number of aromatic nitrogens is 4. The van der Waals surface area contributed by atoms with Crippen LogP contribution in [-0.2, 0) is 7.05 Å². The van der Waals surface area contributed by atoms with E-state index in [1.165, 1.54) is 6.20 Å². The molecule has 25 heavy (non-hydrogen) atoms. The second kappa shape index (κ2) is 5.98. The number of rotatable bonds is 3. The van der Waals surface area contributed by atoms with Gasteiger partial charge in [-0.05, 0) is 48.9 Å². The van der Waals surface area contributed by atoms with Gasteiger partial charge in [0.2, 0.25) is 0 Å². The highest BCUT2D eigenvalue weighted by Gasteiger charge is 2.11. The molecule has 123 valence electrons. The van der Waals surface area contributed by atoms with Crippen LogP contribution in [0.15, 0.2) is 48.8 Å². The largest absolute Gasteiger partial charge is 0.325 e. The van der Waals surface area contributed by atoms with Crippen molar-refractivity contribution in [1.29, 1.82) is 0 Å². The predicted molar refractivity (Wildman–Crippen MR) is 95.0 cm³/mol. The quantitative estimate of drug-likeness (QED) is 0.615. The second-order valence-corrected chi connectivity index (χ2v) is 5.76. The Morgan fingerprint density at radius 1 is 1.16 bits per heavy atom. The molecule has 6 heteroatoms. The number of pyridine rings is 2. The first-order chi connectivity index (χ1) is 12.1. The molecule has 0 saturated heterocycles. The third kappa shape index (κ3) is 2.82. The predicted octanol–water partition coefficient (Wildman–Crippen LogP) is 4.02. The molecule has 4 rings (SSSR count). The molecule has 0 aliphatic heterocycles. The van der Waals surface area contributed by atoms with Crippen molar-refractivity contribution in [2.24, 2.45) is 7.05 Å². The third-order valence-corrected chi connectivity index (χ3v) is 4.16. The topological polar surface area (TPSA) is 55.6 Å². The van der Waals surface area contributed by atoms with Gasteiger partial charge in [0.15, 0.2) is 0 Å². The van der Waals surface area contributed by atoms with Gasteiger partial charge in [-0.1, -0.05) is 6.07 Å². The zero-order chi connectivity index (χ0) is 17.4. The summed E-state index contributed by atoms with van der Waals surface area (Å²) in [6.07, 6.45) is 2.84. The van der Waals surface area contributed by atoms with Crippen molar-refractivity contribution in [3.8, 4) is 11.1 Å². The van der Waals surface area contributed by atoms with Gasteiger partial charge in [0, 0.05) is 29.9 Å². The molecule has 1 radical (unpaired) electrons. The molecule has 0 unspecified atom stereocenters. The lowest BCUT2D eigenvalue weighted by atomic mass is 10.0. The molecule has 1 N–H and O–H groups in total. The van der Waals surface area contributed by atoms with E-state index in [-0.39, 0.29) is 5.82 Å². The van der Waals surface area contributed by atoms with Gasteiger partial charge >= 0.3 is 0 Å². The molecule has 0 atom stereocenters. The van der Waals surface area contributed by atoms with Gasteiger partial charge in [-0.15, -0.1) is 0 Å². The van der Waals surface area contributed by atoms with Crippen molar-refractivity contribution < 1.29 is 4.39 Å². The van der Waals surface area contributed by atoms with E-state index in [1.54, 1.807) is 24.4 Å². The highest BCUT2D eigenvalue weighted by molar-refractivity contribution is 5.87. The Morgan fingerprint density at radius 3 is 2.84 bits per heavy atom. The molecular weight excluding hydrogens is 317 g/mol. The highest BCUT2D eigenvalue weighted by Crippen LogP contribution is 2.29. The Labute approximate surface area is 144 Å². The van der Waals surface area contributed by atoms with Gasteiger partial charge in [-0.3, -0.25) is 4.68 Å².